The van der Waals surface area contributed by atoms with Gasteiger partial charge in [0, 0.05) is 29.6 Å². The van der Waals surface area contributed by atoms with Crippen LogP contribution in [0.3, 0.4) is 0 Å². The zero-order chi connectivity index (χ0) is 25.3. The van der Waals surface area contributed by atoms with E-state index >= 15 is 0 Å². The Balaban J connectivity index is 1.46. The van der Waals surface area contributed by atoms with Gasteiger partial charge in [-0.05, 0) is 82.3 Å². The van der Waals surface area contributed by atoms with Crippen molar-refractivity contribution in [3.63, 3.8) is 0 Å². The lowest BCUT2D eigenvalue weighted by Crippen LogP contribution is -2.30. The molecule has 2 saturated carbocycles. The molecule has 36 heavy (non-hydrogen) atoms. The first kappa shape index (κ1) is 24.2. The molecule has 2 aliphatic rings. The van der Waals surface area contributed by atoms with Crippen LogP contribution in [0, 0.1) is 12.7 Å². The maximum Gasteiger partial charge on any atom is 0.297 e. The third-order valence-corrected chi connectivity index (χ3v) is 7.11. The predicted octanol–water partition coefficient (Wildman–Crippen LogP) is 3.83. The number of aromatic nitrogens is 2. The fourth-order valence-electron chi connectivity index (χ4n) is 4.70. The van der Waals surface area contributed by atoms with Gasteiger partial charge in [0.1, 0.15) is 5.82 Å². The molecule has 1 heterocycles. The van der Waals surface area contributed by atoms with E-state index in [4.69, 9.17) is 0 Å². The maximum absolute atomic E-state index is 14.8. The van der Waals surface area contributed by atoms with Gasteiger partial charge in [-0.3, -0.25) is 14.2 Å². The Bertz CT molecular complexity index is 1340. The molecular weight excluding hydrogens is 457 g/mol. The third-order valence-electron chi connectivity index (χ3n) is 7.11. The summed E-state index contributed by atoms with van der Waals surface area (Å²) in [6.45, 7) is 2.55. The summed E-state index contributed by atoms with van der Waals surface area (Å²) >= 11 is 0. The molecule has 2 aromatic carbocycles. The van der Waals surface area contributed by atoms with Crippen molar-refractivity contribution in [3.8, 4) is 5.69 Å². The number of aryl methyl sites for hydroxylation is 1. The molecule has 1 amide bonds. The molecule has 2 aliphatic carbocycles. The largest absolute Gasteiger partial charge is 0.356 e. The summed E-state index contributed by atoms with van der Waals surface area (Å²) in [5, 5.41) is 9.50. The Morgan fingerprint density at radius 1 is 1.22 bits per heavy atom. The SMILES string of the molecule is CNCCCc1ccccc1C1(Nc2nccn(-c3cc(C(=O)NC4CC4)cc(F)c3C)c2=O)CC1. The van der Waals surface area contributed by atoms with Gasteiger partial charge < -0.3 is 16.0 Å². The highest BCUT2D eigenvalue weighted by Gasteiger charge is 2.46. The van der Waals surface area contributed by atoms with Crippen LogP contribution in [0.1, 0.15) is 59.2 Å². The van der Waals surface area contributed by atoms with E-state index in [1.807, 2.05) is 19.2 Å². The molecule has 7 nitrogen and oxygen atoms in total. The van der Waals surface area contributed by atoms with Crippen LogP contribution in [0.25, 0.3) is 5.69 Å². The van der Waals surface area contributed by atoms with E-state index < -0.39 is 5.82 Å². The molecule has 3 aromatic rings. The highest BCUT2D eigenvalue weighted by Crippen LogP contribution is 2.49. The van der Waals surface area contributed by atoms with Crippen LogP contribution >= 0.6 is 0 Å². The number of halogens is 1. The minimum Gasteiger partial charge on any atom is -0.356 e. The van der Waals surface area contributed by atoms with E-state index in [2.05, 4.69) is 33.1 Å². The highest BCUT2D eigenvalue weighted by molar-refractivity contribution is 5.95. The summed E-state index contributed by atoms with van der Waals surface area (Å²) in [6.07, 6.45) is 8.69. The van der Waals surface area contributed by atoms with Gasteiger partial charge in [0.25, 0.3) is 11.5 Å². The van der Waals surface area contributed by atoms with Gasteiger partial charge in [-0.25, -0.2) is 9.37 Å². The summed E-state index contributed by atoms with van der Waals surface area (Å²) in [5.41, 5.74) is 2.58. The van der Waals surface area contributed by atoms with Gasteiger partial charge in [0.15, 0.2) is 5.82 Å². The molecule has 3 N–H and O–H groups in total. The van der Waals surface area contributed by atoms with Crippen molar-refractivity contribution >= 4 is 11.7 Å². The van der Waals surface area contributed by atoms with Crippen molar-refractivity contribution in [1.29, 1.82) is 0 Å². The zero-order valence-corrected chi connectivity index (χ0v) is 20.7. The number of hydrogen-bond donors (Lipinski definition) is 3. The van der Waals surface area contributed by atoms with Crippen molar-refractivity contribution in [2.24, 2.45) is 0 Å². The van der Waals surface area contributed by atoms with Crippen molar-refractivity contribution < 1.29 is 9.18 Å². The number of carbonyl (C=O) groups is 1. The van der Waals surface area contributed by atoms with Crippen LogP contribution < -0.4 is 21.5 Å². The van der Waals surface area contributed by atoms with Gasteiger partial charge in [-0.15, -0.1) is 0 Å². The maximum atomic E-state index is 14.8. The van der Waals surface area contributed by atoms with Gasteiger partial charge in [-0.1, -0.05) is 24.3 Å². The van der Waals surface area contributed by atoms with Crippen molar-refractivity contribution in [3.05, 3.63) is 87.2 Å². The smallest absolute Gasteiger partial charge is 0.297 e. The van der Waals surface area contributed by atoms with Crippen LogP contribution in [0.2, 0.25) is 0 Å². The number of nitrogens with zero attached hydrogens (tertiary/aromatic N) is 2. The fraction of sp³-hybridized carbons (Fsp3) is 0.393. The second-order valence-electron chi connectivity index (χ2n) is 9.87. The van der Waals surface area contributed by atoms with E-state index in [9.17, 15) is 14.0 Å². The molecule has 0 unspecified atom stereocenters. The summed E-state index contributed by atoms with van der Waals surface area (Å²) in [5.74, 6) is -0.640. The number of amides is 1. The molecule has 1 aromatic heterocycles. The number of carbonyl (C=O) groups excluding carboxylic acids is 1. The van der Waals surface area contributed by atoms with E-state index in [1.165, 1.54) is 34.2 Å². The standard InChI is InChI=1S/C28H32FN5O2/c1-18-23(29)16-20(26(35)32-21-9-10-21)17-24(18)34-15-14-31-25(27(34)36)33-28(11-12-28)22-8-4-3-6-19(22)7-5-13-30-2/h3-4,6,8,14-17,21,30H,5,7,9-13H2,1-2H3,(H,31,33)(H,32,35). The number of rotatable bonds is 10. The van der Waals surface area contributed by atoms with Gasteiger partial charge in [0.2, 0.25) is 0 Å². The normalized spacial score (nSPS) is 16.0. The molecular formula is C28H32FN5O2. The molecule has 0 atom stereocenters. The number of nitrogens with one attached hydrogen (secondary N) is 3. The van der Waals surface area contributed by atoms with Crippen molar-refractivity contribution in [2.45, 2.75) is 57.0 Å². The number of hydrogen-bond acceptors (Lipinski definition) is 5. The van der Waals surface area contributed by atoms with Crippen molar-refractivity contribution in [1.82, 2.24) is 20.2 Å². The monoisotopic (exact) mass is 489 g/mol. The second kappa shape index (κ2) is 9.85. The van der Waals surface area contributed by atoms with E-state index in [1.54, 1.807) is 13.0 Å². The Hall–Kier alpha value is -3.52. The first-order chi connectivity index (χ1) is 17.4. The van der Waals surface area contributed by atoms with Crippen LogP contribution in [0.5, 0.6) is 0 Å². The average molecular weight is 490 g/mol. The topological polar surface area (TPSA) is 88.1 Å². The summed E-state index contributed by atoms with van der Waals surface area (Å²) in [4.78, 5) is 30.5. The summed E-state index contributed by atoms with van der Waals surface area (Å²) < 4.78 is 16.2. The van der Waals surface area contributed by atoms with Crippen molar-refractivity contribution in [2.75, 3.05) is 18.9 Å². The minimum atomic E-state index is -0.527. The summed E-state index contributed by atoms with van der Waals surface area (Å²) in [6, 6.07) is 11.3. The highest BCUT2D eigenvalue weighted by atomic mass is 19.1. The molecule has 0 spiro atoms. The molecule has 0 bridgehead atoms. The first-order valence-electron chi connectivity index (χ1n) is 12.6. The van der Waals surface area contributed by atoms with Crippen LogP contribution in [-0.4, -0.2) is 35.1 Å². The molecule has 188 valence electrons. The average Bonchev–Trinajstić information content (AvgIpc) is 3.81. The lowest BCUT2D eigenvalue weighted by molar-refractivity contribution is 0.0950. The molecule has 5 rings (SSSR count). The van der Waals surface area contributed by atoms with E-state index in [-0.39, 0.29) is 34.4 Å². The Morgan fingerprint density at radius 2 is 2.00 bits per heavy atom. The van der Waals surface area contributed by atoms with Gasteiger partial charge in [-0.2, -0.15) is 0 Å². The molecule has 0 radical (unpaired) electrons. The number of benzene rings is 2. The van der Waals surface area contributed by atoms with Gasteiger partial charge >= 0.3 is 0 Å². The van der Waals surface area contributed by atoms with Crippen LogP contribution in [-0.2, 0) is 12.0 Å². The van der Waals surface area contributed by atoms with E-state index in [0.717, 1.165) is 45.1 Å². The predicted molar refractivity (Wildman–Crippen MR) is 138 cm³/mol. The molecule has 0 aliphatic heterocycles. The molecule has 8 heteroatoms. The first-order valence-corrected chi connectivity index (χ1v) is 12.6. The molecule has 2 fully saturated rings. The van der Waals surface area contributed by atoms with Crippen LogP contribution in [0.15, 0.2) is 53.6 Å². The molecule has 0 saturated heterocycles. The third kappa shape index (κ3) is 4.91. The van der Waals surface area contributed by atoms with E-state index in [0.29, 0.717) is 11.3 Å². The Labute approximate surface area is 210 Å². The fourth-order valence-corrected chi connectivity index (χ4v) is 4.70. The lowest BCUT2D eigenvalue weighted by Gasteiger charge is -2.22. The van der Waals surface area contributed by atoms with Crippen LogP contribution in [0.4, 0.5) is 10.2 Å². The minimum absolute atomic E-state index is 0.153. The Morgan fingerprint density at radius 3 is 2.72 bits per heavy atom. The summed E-state index contributed by atoms with van der Waals surface area (Å²) in [7, 11) is 1.95. The quantitative estimate of drug-likeness (QED) is 0.377. The van der Waals surface area contributed by atoms with Gasteiger partial charge in [0.05, 0.1) is 11.2 Å². The Kier molecular flexibility index (Phi) is 6.62. The second-order valence-corrected chi connectivity index (χ2v) is 9.87. The lowest BCUT2D eigenvalue weighted by atomic mass is 9.95. The number of anilines is 1. The zero-order valence-electron chi connectivity index (χ0n) is 20.7.